The van der Waals surface area contributed by atoms with E-state index in [1.54, 1.807) is 42.5 Å². The summed E-state index contributed by atoms with van der Waals surface area (Å²) < 4.78 is 81.8. The Bertz CT molecular complexity index is 1720. The highest BCUT2D eigenvalue weighted by Gasteiger charge is 2.29. The lowest BCUT2D eigenvalue weighted by Gasteiger charge is -2.22. The average molecular weight is 621 g/mol. The van der Waals surface area contributed by atoms with Gasteiger partial charge in [-0.2, -0.15) is 16.8 Å². The van der Waals surface area contributed by atoms with E-state index in [1.165, 1.54) is 33.5 Å². The van der Waals surface area contributed by atoms with E-state index in [0.29, 0.717) is 5.56 Å². The highest BCUT2D eigenvalue weighted by Crippen LogP contribution is 2.52. The van der Waals surface area contributed by atoms with E-state index in [1.807, 2.05) is 13.8 Å². The Morgan fingerprint density at radius 3 is 2.00 bits per heavy atom. The molecular formula is C29H32O11S2. The van der Waals surface area contributed by atoms with Gasteiger partial charge in [0, 0.05) is 11.1 Å². The van der Waals surface area contributed by atoms with Gasteiger partial charge in [0.15, 0.2) is 23.0 Å². The third-order valence-electron chi connectivity index (χ3n) is 5.68. The molecule has 13 heteroatoms. The Morgan fingerprint density at radius 2 is 1.43 bits per heavy atom. The van der Waals surface area contributed by atoms with E-state index in [9.17, 15) is 21.6 Å². The molecule has 3 aromatic rings. The van der Waals surface area contributed by atoms with Crippen LogP contribution in [-0.2, 0) is 25.0 Å². The van der Waals surface area contributed by atoms with Gasteiger partial charge in [-0.15, -0.1) is 0 Å². The molecule has 0 fully saturated rings. The summed E-state index contributed by atoms with van der Waals surface area (Å²) in [4.78, 5) is 12.6. The van der Waals surface area contributed by atoms with Gasteiger partial charge >= 0.3 is 26.2 Å². The predicted octanol–water partition coefficient (Wildman–Crippen LogP) is 4.85. The van der Waals surface area contributed by atoms with Gasteiger partial charge in [0.1, 0.15) is 12.4 Å². The van der Waals surface area contributed by atoms with Crippen LogP contribution in [-0.4, -0.2) is 63.3 Å². The SMILES string of the molecule is COC(=O)c1ccccc1-c1cc(OC)c(-c2ccc(OCC=C(C)C)c(OS(C)(=O)=O)c2)c(OS(C)(=O)=O)c1OC. The van der Waals surface area contributed by atoms with E-state index in [2.05, 4.69) is 0 Å². The number of carbonyl (C=O) groups excluding carboxylic acids is 1. The Labute approximate surface area is 245 Å². The topological polar surface area (TPSA) is 141 Å². The normalized spacial score (nSPS) is 11.3. The van der Waals surface area contributed by atoms with Gasteiger partial charge in [-0.05, 0) is 49.8 Å². The monoisotopic (exact) mass is 620 g/mol. The second kappa shape index (κ2) is 13.2. The first-order valence-corrected chi connectivity index (χ1v) is 16.0. The molecule has 0 aliphatic rings. The second-order valence-electron chi connectivity index (χ2n) is 9.23. The van der Waals surface area contributed by atoms with Crippen molar-refractivity contribution in [3.05, 3.63) is 65.7 Å². The van der Waals surface area contributed by atoms with Crippen molar-refractivity contribution in [2.24, 2.45) is 0 Å². The first kappa shape index (κ1) is 32.3. The minimum absolute atomic E-state index is 0.0398. The zero-order valence-electron chi connectivity index (χ0n) is 24.2. The Morgan fingerprint density at radius 1 is 0.762 bits per heavy atom. The van der Waals surface area contributed by atoms with E-state index in [0.717, 1.165) is 18.1 Å². The molecule has 0 heterocycles. The van der Waals surface area contributed by atoms with Crippen LogP contribution >= 0.6 is 0 Å². The van der Waals surface area contributed by atoms with E-state index in [-0.39, 0.29) is 57.6 Å². The lowest BCUT2D eigenvalue weighted by molar-refractivity contribution is 0.0601. The summed E-state index contributed by atoms with van der Waals surface area (Å²) in [5.74, 6) is -0.842. The van der Waals surface area contributed by atoms with Crippen LogP contribution < -0.4 is 22.6 Å². The van der Waals surface area contributed by atoms with Crippen molar-refractivity contribution >= 4 is 26.2 Å². The number of hydrogen-bond acceptors (Lipinski definition) is 11. The molecule has 0 atom stereocenters. The largest absolute Gasteiger partial charge is 0.496 e. The molecule has 0 spiro atoms. The zero-order valence-corrected chi connectivity index (χ0v) is 25.8. The Kier molecular flexibility index (Phi) is 10.1. The van der Waals surface area contributed by atoms with Crippen molar-refractivity contribution in [1.82, 2.24) is 0 Å². The number of hydrogen-bond donors (Lipinski definition) is 0. The lowest BCUT2D eigenvalue weighted by Crippen LogP contribution is -2.10. The van der Waals surface area contributed by atoms with Crippen molar-refractivity contribution in [2.45, 2.75) is 13.8 Å². The number of carbonyl (C=O) groups is 1. The quantitative estimate of drug-likeness (QED) is 0.156. The van der Waals surface area contributed by atoms with Crippen molar-refractivity contribution in [3.8, 4) is 51.0 Å². The van der Waals surface area contributed by atoms with Crippen molar-refractivity contribution in [1.29, 1.82) is 0 Å². The Balaban J connectivity index is 2.40. The maximum atomic E-state index is 12.6. The molecule has 0 bridgehead atoms. The Hall–Kier alpha value is -4.23. The molecule has 0 amide bonds. The van der Waals surface area contributed by atoms with Crippen LogP contribution in [0.4, 0.5) is 0 Å². The van der Waals surface area contributed by atoms with Crippen LogP contribution in [0.25, 0.3) is 22.3 Å². The fourth-order valence-electron chi connectivity index (χ4n) is 4.00. The minimum Gasteiger partial charge on any atom is -0.496 e. The molecule has 0 unspecified atom stereocenters. The van der Waals surface area contributed by atoms with Crippen molar-refractivity contribution in [3.63, 3.8) is 0 Å². The van der Waals surface area contributed by atoms with Crippen molar-refractivity contribution < 1.29 is 48.9 Å². The summed E-state index contributed by atoms with van der Waals surface area (Å²) in [5.41, 5.74) is 2.16. The number of rotatable bonds is 12. The maximum absolute atomic E-state index is 12.6. The van der Waals surface area contributed by atoms with Crippen LogP contribution in [0.5, 0.6) is 28.7 Å². The molecule has 0 radical (unpaired) electrons. The van der Waals surface area contributed by atoms with Crippen LogP contribution in [0, 0.1) is 0 Å². The summed E-state index contributed by atoms with van der Waals surface area (Å²) in [5, 5.41) is 0. The van der Waals surface area contributed by atoms with E-state index >= 15 is 0 Å². The molecule has 0 aliphatic heterocycles. The van der Waals surface area contributed by atoms with Gasteiger partial charge in [0.05, 0.1) is 45.0 Å². The van der Waals surface area contributed by atoms with Crippen LogP contribution in [0.15, 0.2) is 60.2 Å². The summed E-state index contributed by atoms with van der Waals surface area (Å²) in [7, 11) is -4.23. The molecular weight excluding hydrogens is 588 g/mol. The standard InChI is InChI=1S/C29H32O11S2/c1-18(2)14-15-38-23-13-12-19(16-24(23)39-41(6,31)32)26-25(35-3)17-22(27(36-4)28(26)40-42(7,33)34)20-10-8-9-11-21(20)29(30)37-5/h8-14,16-17H,15H2,1-7H3. The molecule has 3 rings (SSSR count). The average Bonchev–Trinajstić information content (AvgIpc) is 2.91. The van der Waals surface area contributed by atoms with Gasteiger partial charge < -0.3 is 27.3 Å². The molecule has 42 heavy (non-hydrogen) atoms. The molecule has 0 aliphatic carbocycles. The number of allylic oxidation sites excluding steroid dienone is 1. The summed E-state index contributed by atoms with van der Waals surface area (Å²) >= 11 is 0. The first-order valence-electron chi connectivity index (χ1n) is 12.3. The van der Waals surface area contributed by atoms with E-state index < -0.39 is 26.2 Å². The highest BCUT2D eigenvalue weighted by atomic mass is 32.2. The summed E-state index contributed by atoms with van der Waals surface area (Å²) in [6, 6.07) is 12.4. The smallest absolute Gasteiger partial charge is 0.338 e. The number of methoxy groups -OCH3 is 3. The van der Waals surface area contributed by atoms with Gasteiger partial charge in [-0.1, -0.05) is 29.8 Å². The van der Waals surface area contributed by atoms with Crippen LogP contribution in [0.3, 0.4) is 0 Å². The zero-order chi connectivity index (χ0) is 31.2. The van der Waals surface area contributed by atoms with Crippen LogP contribution in [0.2, 0.25) is 0 Å². The van der Waals surface area contributed by atoms with Gasteiger partial charge in [0.2, 0.25) is 0 Å². The number of esters is 1. The fourth-order valence-corrected chi connectivity index (χ4v) is 4.92. The van der Waals surface area contributed by atoms with Gasteiger partial charge in [-0.3, -0.25) is 0 Å². The molecule has 0 saturated carbocycles. The summed E-state index contributed by atoms with van der Waals surface area (Å²) in [6.45, 7) is 3.92. The molecule has 0 aromatic heterocycles. The molecule has 226 valence electrons. The molecule has 11 nitrogen and oxygen atoms in total. The van der Waals surface area contributed by atoms with Crippen molar-refractivity contribution in [2.75, 3.05) is 40.4 Å². The molecule has 0 saturated heterocycles. The van der Waals surface area contributed by atoms with Crippen LogP contribution in [0.1, 0.15) is 24.2 Å². The molecule has 0 N–H and O–H groups in total. The third-order valence-corrected chi connectivity index (χ3v) is 6.64. The highest BCUT2D eigenvalue weighted by molar-refractivity contribution is 7.86. The summed E-state index contributed by atoms with van der Waals surface area (Å²) in [6.07, 6.45) is 3.54. The third kappa shape index (κ3) is 7.95. The fraction of sp³-hybridized carbons (Fsp3) is 0.276. The predicted molar refractivity (Wildman–Crippen MR) is 158 cm³/mol. The number of benzene rings is 3. The molecule has 3 aromatic carbocycles. The van der Waals surface area contributed by atoms with E-state index in [4.69, 9.17) is 27.3 Å². The lowest BCUT2D eigenvalue weighted by atomic mass is 9.94. The van der Waals surface area contributed by atoms with Gasteiger partial charge in [-0.25, -0.2) is 4.79 Å². The first-order chi connectivity index (χ1) is 19.7. The van der Waals surface area contributed by atoms with Gasteiger partial charge in [0.25, 0.3) is 0 Å². The number of ether oxygens (including phenoxy) is 4. The maximum Gasteiger partial charge on any atom is 0.338 e. The minimum atomic E-state index is -4.15. The second-order valence-corrected chi connectivity index (χ2v) is 12.4.